The van der Waals surface area contributed by atoms with E-state index in [1.807, 2.05) is 50.5 Å². The largest absolute Gasteiger partial charge is 0.361 e. The van der Waals surface area contributed by atoms with Crippen LogP contribution < -0.4 is 10.6 Å². The van der Waals surface area contributed by atoms with Crippen LogP contribution >= 0.6 is 0 Å². The molecule has 3 N–H and O–H groups in total. The van der Waals surface area contributed by atoms with Gasteiger partial charge in [-0.15, -0.1) is 0 Å². The lowest BCUT2D eigenvalue weighted by Gasteiger charge is -2.22. The second kappa shape index (κ2) is 9.56. The Hall–Kier alpha value is -2.87. The third-order valence-electron chi connectivity index (χ3n) is 4.92. The first kappa shape index (κ1) is 20.9. The molecular weight excluding hydrogens is 369 g/mol. The fraction of sp³-hybridized carbons (Fsp3) is 0.429. The molecule has 0 fully saturated rings. The summed E-state index contributed by atoms with van der Waals surface area (Å²) in [5, 5.41) is 12.0. The molecule has 0 saturated heterocycles. The number of halogens is 1. The Balaban J connectivity index is 1.62. The zero-order chi connectivity index (χ0) is 20.8. The van der Waals surface area contributed by atoms with Crippen molar-refractivity contribution < 1.29 is 4.39 Å². The number of benzene rings is 1. The third kappa shape index (κ3) is 5.35. The van der Waals surface area contributed by atoms with Crippen LogP contribution in [-0.4, -0.2) is 59.4 Å². The van der Waals surface area contributed by atoms with Crippen molar-refractivity contribution in [1.29, 1.82) is 0 Å². The minimum atomic E-state index is -0.227. The third-order valence-corrected chi connectivity index (χ3v) is 4.92. The fourth-order valence-electron chi connectivity index (χ4n) is 3.38. The Bertz CT molecular complexity index is 957. The van der Waals surface area contributed by atoms with Crippen LogP contribution in [0, 0.1) is 5.82 Å². The van der Waals surface area contributed by atoms with E-state index in [9.17, 15) is 4.39 Å². The van der Waals surface area contributed by atoms with Crippen LogP contribution in [0.2, 0.25) is 0 Å². The van der Waals surface area contributed by atoms with Crippen LogP contribution in [0.4, 0.5) is 4.39 Å². The highest BCUT2D eigenvalue weighted by atomic mass is 19.1. The molecule has 0 aliphatic carbocycles. The molecule has 0 radical (unpaired) electrons. The number of hydrogen-bond acceptors (Lipinski definition) is 3. The van der Waals surface area contributed by atoms with E-state index in [-0.39, 0.29) is 11.9 Å². The van der Waals surface area contributed by atoms with Crippen LogP contribution in [0.1, 0.15) is 24.1 Å². The Kier molecular flexibility index (Phi) is 6.87. The molecule has 1 atom stereocenters. The summed E-state index contributed by atoms with van der Waals surface area (Å²) in [5.41, 5.74) is 3.12. The van der Waals surface area contributed by atoms with Gasteiger partial charge in [-0.3, -0.25) is 9.67 Å². The first-order valence-corrected chi connectivity index (χ1v) is 9.90. The van der Waals surface area contributed by atoms with E-state index >= 15 is 0 Å². The number of aliphatic imine (C=N–C) groups is 1. The van der Waals surface area contributed by atoms with Crippen molar-refractivity contribution in [3.05, 3.63) is 53.7 Å². The zero-order valence-corrected chi connectivity index (χ0v) is 17.5. The molecule has 29 heavy (non-hydrogen) atoms. The summed E-state index contributed by atoms with van der Waals surface area (Å²) in [4.78, 5) is 10.1. The average molecular weight is 400 g/mol. The predicted molar refractivity (Wildman–Crippen MR) is 116 cm³/mol. The number of fused-ring (bicyclic) bond motifs is 1. The van der Waals surface area contributed by atoms with Gasteiger partial charge in [0.05, 0.1) is 18.8 Å². The Morgan fingerprint density at radius 3 is 2.86 bits per heavy atom. The number of nitrogens with one attached hydrogen (secondary N) is 3. The van der Waals surface area contributed by atoms with E-state index in [0.717, 1.165) is 47.5 Å². The van der Waals surface area contributed by atoms with Crippen molar-refractivity contribution in [2.45, 2.75) is 19.4 Å². The van der Waals surface area contributed by atoms with Crippen LogP contribution in [0.5, 0.6) is 0 Å². The first-order valence-electron chi connectivity index (χ1n) is 9.90. The summed E-state index contributed by atoms with van der Waals surface area (Å²) in [5.74, 6) is 0.559. The maximum atomic E-state index is 13.4. The van der Waals surface area contributed by atoms with Gasteiger partial charge in [0.15, 0.2) is 5.96 Å². The number of hydrogen-bond donors (Lipinski definition) is 3. The van der Waals surface area contributed by atoms with Crippen molar-refractivity contribution >= 4 is 16.9 Å². The average Bonchev–Trinajstić information content (AvgIpc) is 3.27. The molecule has 7 nitrogen and oxygen atoms in total. The van der Waals surface area contributed by atoms with Gasteiger partial charge < -0.3 is 20.5 Å². The summed E-state index contributed by atoms with van der Waals surface area (Å²) >= 11 is 0. The lowest BCUT2D eigenvalue weighted by molar-refractivity contribution is 0.306. The van der Waals surface area contributed by atoms with Crippen molar-refractivity contribution in [2.75, 3.05) is 33.7 Å². The maximum Gasteiger partial charge on any atom is 0.191 e. The summed E-state index contributed by atoms with van der Waals surface area (Å²) < 4.78 is 15.2. The highest BCUT2D eigenvalue weighted by Gasteiger charge is 2.15. The van der Waals surface area contributed by atoms with E-state index in [1.54, 1.807) is 0 Å². The number of likely N-dealkylation sites (N-methyl/N-ethyl adjacent to an activating group) is 1. The topological polar surface area (TPSA) is 73.3 Å². The lowest BCUT2D eigenvalue weighted by atomic mass is 10.1. The zero-order valence-electron chi connectivity index (χ0n) is 17.5. The molecule has 0 spiro atoms. The summed E-state index contributed by atoms with van der Waals surface area (Å²) in [6.07, 6.45) is 6.68. The number of aromatic amines is 1. The van der Waals surface area contributed by atoms with Gasteiger partial charge in [-0.25, -0.2) is 4.39 Å². The molecule has 2 aromatic heterocycles. The molecule has 0 aliphatic rings. The van der Waals surface area contributed by atoms with E-state index in [4.69, 9.17) is 4.99 Å². The highest BCUT2D eigenvalue weighted by Crippen LogP contribution is 2.19. The van der Waals surface area contributed by atoms with Crippen LogP contribution in [0.3, 0.4) is 0 Å². The number of nitrogens with zero attached hydrogens (tertiary/aromatic N) is 4. The number of guanidine groups is 1. The monoisotopic (exact) mass is 399 g/mol. The number of aromatic nitrogens is 3. The smallest absolute Gasteiger partial charge is 0.191 e. The van der Waals surface area contributed by atoms with Gasteiger partial charge in [0.1, 0.15) is 5.82 Å². The SMILES string of the molecule is CCNC(=NCC(c1cnn(C)c1)N(C)C)NCCc1c[nH]c2cc(F)ccc12. The molecule has 0 bridgehead atoms. The van der Waals surface area contributed by atoms with Crippen LogP contribution in [-0.2, 0) is 13.5 Å². The Morgan fingerprint density at radius 2 is 2.17 bits per heavy atom. The molecule has 2 heterocycles. The predicted octanol–water partition coefficient (Wildman–Crippen LogP) is 2.44. The van der Waals surface area contributed by atoms with Gasteiger partial charge in [0.2, 0.25) is 0 Å². The second-order valence-corrected chi connectivity index (χ2v) is 7.33. The van der Waals surface area contributed by atoms with E-state index < -0.39 is 0 Å². The van der Waals surface area contributed by atoms with Gasteiger partial charge in [-0.2, -0.15) is 5.10 Å². The van der Waals surface area contributed by atoms with E-state index in [2.05, 4.69) is 32.5 Å². The molecule has 1 aromatic carbocycles. The van der Waals surface area contributed by atoms with E-state index in [0.29, 0.717) is 6.54 Å². The normalized spacial score (nSPS) is 13.2. The standard InChI is InChI=1S/C21H30FN7/c1-5-23-21(26-13-20(28(2)3)16-12-27-29(4)14-16)24-9-8-15-11-25-19-10-17(22)6-7-18(15)19/h6-7,10-12,14,20,25H,5,8-9,13H2,1-4H3,(H2,23,24,26). The molecule has 0 saturated carbocycles. The lowest BCUT2D eigenvalue weighted by Crippen LogP contribution is -2.39. The Labute approximate surface area is 171 Å². The summed E-state index contributed by atoms with van der Waals surface area (Å²) in [6.45, 7) is 4.20. The molecule has 0 aliphatic heterocycles. The van der Waals surface area contributed by atoms with Crippen molar-refractivity contribution in [1.82, 2.24) is 30.3 Å². The molecule has 156 valence electrons. The van der Waals surface area contributed by atoms with Crippen LogP contribution in [0.15, 0.2) is 41.8 Å². The molecule has 8 heteroatoms. The number of H-pyrrole nitrogens is 1. The number of aryl methyl sites for hydroxylation is 1. The molecular formula is C21H30FN7. The second-order valence-electron chi connectivity index (χ2n) is 7.33. The van der Waals surface area contributed by atoms with Crippen molar-refractivity contribution in [3.8, 4) is 0 Å². The van der Waals surface area contributed by atoms with Crippen molar-refractivity contribution in [3.63, 3.8) is 0 Å². The van der Waals surface area contributed by atoms with Crippen LogP contribution in [0.25, 0.3) is 10.9 Å². The minimum Gasteiger partial charge on any atom is -0.361 e. The number of rotatable bonds is 8. The highest BCUT2D eigenvalue weighted by molar-refractivity contribution is 5.83. The fourth-order valence-corrected chi connectivity index (χ4v) is 3.38. The molecule has 3 aromatic rings. The van der Waals surface area contributed by atoms with Gasteiger partial charge >= 0.3 is 0 Å². The van der Waals surface area contributed by atoms with E-state index in [1.165, 1.54) is 12.1 Å². The molecule has 0 amide bonds. The van der Waals surface area contributed by atoms with Gasteiger partial charge in [0.25, 0.3) is 0 Å². The quantitative estimate of drug-likeness (QED) is 0.402. The minimum absolute atomic E-state index is 0.155. The molecule has 1 unspecified atom stereocenters. The summed E-state index contributed by atoms with van der Waals surface area (Å²) in [6, 6.07) is 5.00. The maximum absolute atomic E-state index is 13.4. The van der Waals surface area contributed by atoms with Gasteiger partial charge in [-0.1, -0.05) is 0 Å². The Morgan fingerprint density at radius 1 is 1.34 bits per heavy atom. The van der Waals surface area contributed by atoms with Gasteiger partial charge in [0, 0.05) is 49.0 Å². The summed E-state index contributed by atoms with van der Waals surface area (Å²) in [7, 11) is 6.02. The molecule has 3 rings (SSSR count). The van der Waals surface area contributed by atoms with Gasteiger partial charge in [-0.05, 0) is 51.2 Å². The first-order chi connectivity index (χ1) is 14.0. The van der Waals surface area contributed by atoms with Crippen molar-refractivity contribution in [2.24, 2.45) is 12.0 Å².